The molecule has 1 saturated heterocycles. The fraction of sp³-hybridized carbons (Fsp3) is 0.526. The quantitative estimate of drug-likeness (QED) is 0.870. The number of nitrogens with one attached hydrogen (secondary N) is 1. The lowest BCUT2D eigenvalue weighted by atomic mass is 9.96. The molecule has 0 saturated carbocycles. The molecule has 3 rings (SSSR count). The summed E-state index contributed by atoms with van der Waals surface area (Å²) in [5.41, 5.74) is 2.74. The third kappa shape index (κ3) is 3.00. The minimum atomic E-state index is 0.197. The van der Waals surface area contributed by atoms with Crippen molar-refractivity contribution in [1.29, 1.82) is 0 Å². The van der Waals surface area contributed by atoms with Gasteiger partial charge >= 0.3 is 0 Å². The second-order valence-electron chi connectivity index (χ2n) is 6.76. The Kier molecular flexibility index (Phi) is 4.44. The van der Waals surface area contributed by atoms with Crippen LogP contribution in [0.5, 0.6) is 5.75 Å². The van der Waals surface area contributed by atoms with Crippen molar-refractivity contribution in [2.24, 2.45) is 0 Å². The maximum absolute atomic E-state index is 13.0. The highest BCUT2D eigenvalue weighted by Crippen LogP contribution is 2.28. The Morgan fingerprint density at radius 1 is 1.30 bits per heavy atom. The predicted octanol–water partition coefficient (Wildman–Crippen LogP) is 3.93. The van der Waals surface area contributed by atoms with Crippen molar-refractivity contribution in [3.63, 3.8) is 0 Å². The number of ether oxygens (including phenoxy) is 1. The number of piperidine rings is 1. The Morgan fingerprint density at radius 2 is 2.00 bits per heavy atom. The summed E-state index contributed by atoms with van der Waals surface area (Å²) in [4.78, 5) is 18.7. The number of rotatable bonds is 4. The van der Waals surface area contributed by atoms with E-state index in [1.165, 1.54) is 19.3 Å². The molecule has 4 nitrogen and oxygen atoms in total. The number of likely N-dealkylation sites (tertiary alicyclic amines) is 1. The van der Waals surface area contributed by atoms with Crippen molar-refractivity contribution < 1.29 is 9.53 Å². The smallest absolute Gasteiger partial charge is 0.179 e. The standard InChI is InChI=1S/C19H26N2O2/c1-12-6-5-7-13(2)21(12)11-18(22)19-14(3)20-17-9-8-15(23-4)10-16(17)19/h8-10,12-13,20H,5-7,11H2,1-4H3/t12-,13-/m1/s1. The number of aryl methyl sites for hydroxylation is 1. The van der Waals surface area contributed by atoms with Gasteiger partial charge in [-0.25, -0.2) is 0 Å². The average molecular weight is 314 g/mol. The minimum absolute atomic E-state index is 0.197. The van der Waals surface area contributed by atoms with Crippen molar-refractivity contribution in [3.8, 4) is 5.75 Å². The summed E-state index contributed by atoms with van der Waals surface area (Å²) in [7, 11) is 1.65. The first-order chi connectivity index (χ1) is 11.0. The molecule has 0 bridgehead atoms. The van der Waals surface area contributed by atoms with Gasteiger partial charge in [-0.2, -0.15) is 0 Å². The molecule has 2 heterocycles. The number of carbonyl (C=O) groups is 1. The Balaban J connectivity index is 1.92. The molecule has 2 atom stereocenters. The monoisotopic (exact) mass is 314 g/mol. The topological polar surface area (TPSA) is 45.3 Å². The number of hydrogen-bond donors (Lipinski definition) is 1. The van der Waals surface area contributed by atoms with Crippen LogP contribution >= 0.6 is 0 Å². The maximum atomic E-state index is 13.0. The van der Waals surface area contributed by atoms with Gasteiger partial charge in [-0.3, -0.25) is 9.69 Å². The molecule has 1 fully saturated rings. The lowest BCUT2D eigenvalue weighted by molar-refractivity contribution is 0.0735. The highest BCUT2D eigenvalue weighted by molar-refractivity contribution is 6.10. The highest BCUT2D eigenvalue weighted by Gasteiger charge is 2.28. The molecule has 0 aliphatic carbocycles. The molecule has 124 valence electrons. The zero-order chi connectivity index (χ0) is 16.6. The van der Waals surface area contributed by atoms with Crippen LogP contribution in [-0.4, -0.2) is 41.4 Å². The minimum Gasteiger partial charge on any atom is -0.497 e. The molecule has 0 amide bonds. The lowest BCUT2D eigenvalue weighted by Crippen LogP contribution is -2.46. The van der Waals surface area contributed by atoms with Gasteiger partial charge in [-0.15, -0.1) is 0 Å². The summed E-state index contributed by atoms with van der Waals surface area (Å²) in [6.45, 7) is 6.93. The number of hydrogen-bond acceptors (Lipinski definition) is 3. The summed E-state index contributed by atoms with van der Waals surface area (Å²) in [5.74, 6) is 0.980. The molecule has 0 radical (unpaired) electrons. The van der Waals surface area contributed by atoms with E-state index in [0.717, 1.165) is 27.9 Å². The van der Waals surface area contributed by atoms with Crippen molar-refractivity contribution in [1.82, 2.24) is 9.88 Å². The fourth-order valence-corrected chi connectivity index (χ4v) is 3.82. The molecule has 1 aromatic carbocycles. The lowest BCUT2D eigenvalue weighted by Gasteiger charge is -2.38. The normalized spacial score (nSPS) is 22.4. The second-order valence-corrected chi connectivity index (χ2v) is 6.76. The number of benzene rings is 1. The van der Waals surface area contributed by atoms with Gasteiger partial charge in [0.25, 0.3) is 0 Å². The Morgan fingerprint density at radius 3 is 2.65 bits per heavy atom. The molecule has 2 aromatic rings. The summed E-state index contributed by atoms with van der Waals surface area (Å²) in [6, 6.07) is 6.80. The molecule has 1 aromatic heterocycles. The molecular formula is C19H26N2O2. The van der Waals surface area contributed by atoms with Crippen LogP contribution in [0.25, 0.3) is 10.9 Å². The summed E-state index contributed by atoms with van der Waals surface area (Å²) < 4.78 is 5.31. The van der Waals surface area contributed by atoms with Gasteiger partial charge in [-0.1, -0.05) is 6.42 Å². The van der Waals surface area contributed by atoms with E-state index in [9.17, 15) is 4.79 Å². The van der Waals surface area contributed by atoms with Crippen molar-refractivity contribution >= 4 is 16.7 Å². The molecule has 0 spiro atoms. The number of methoxy groups -OCH3 is 1. The average Bonchev–Trinajstić information content (AvgIpc) is 2.85. The molecule has 4 heteroatoms. The maximum Gasteiger partial charge on any atom is 0.179 e. The third-order valence-electron chi connectivity index (χ3n) is 5.17. The number of Topliss-reactive ketones (excluding diaryl/α,β-unsaturated/α-hetero) is 1. The zero-order valence-electron chi connectivity index (χ0n) is 14.5. The number of carbonyl (C=O) groups excluding carboxylic acids is 1. The van der Waals surface area contributed by atoms with Crippen LogP contribution in [0.2, 0.25) is 0 Å². The number of aromatic amines is 1. The van der Waals surface area contributed by atoms with Crippen LogP contribution in [0.3, 0.4) is 0 Å². The van der Waals surface area contributed by atoms with Gasteiger partial charge in [0.2, 0.25) is 0 Å². The van der Waals surface area contributed by atoms with Crippen molar-refractivity contribution in [2.75, 3.05) is 13.7 Å². The fourth-order valence-electron chi connectivity index (χ4n) is 3.82. The first kappa shape index (κ1) is 16.1. The van der Waals surface area contributed by atoms with Gasteiger partial charge < -0.3 is 9.72 Å². The predicted molar refractivity (Wildman–Crippen MR) is 93.4 cm³/mol. The number of ketones is 1. The van der Waals surface area contributed by atoms with Crippen LogP contribution in [0.1, 0.15) is 49.2 Å². The van der Waals surface area contributed by atoms with Gasteiger partial charge in [0.1, 0.15) is 5.75 Å². The first-order valence-electron chi connectivity index (χ1n) is 8.46. The number of aromatic nitrogens is 1. The SMILES string of the molecule is COc1ccc2[nH]c(C)c(C(=O)CN3[C@H](C)CCC[C@H]3C)c2c1. The van der Waals surface area contributed by atoms with Crippen molar-refractivity contribution in [3.05, 3.63) is 29.5 Å². The summed E-state index contributed by atoms with van der Waals surface area (Å²) in [5, 5.41) is 0.962. The van der Waals surface area contributed by atoms with E-state index in [1.54, 1.807) is 7.11 Å². The van der Waals surface area contributed by atoms with E-state index < -0.39 is 0 Å². The Hall–Kier alpha value is -1.81. The van der Waals surface area contributed by atoms with E-state index in [0.29, 0.717) is 18.6 Å². The zero-order valence-corrected chi connectivity index (χ0v) is 14.5. The van der Waals surface area contributed by atoms with E-state index in [4.69, 9.17) is 4.74 Å². The molecule has 0 unspecified atom stereocenters. The molecule has 1 aliphatic rings. The van der Waals surface area contributed by atoms with Crippen LogP contribution in [0, 0.1) is 6.92 Å². The van der Waals surface area contributed by atoms with E-state index in [-0.39, 0.29) is 5.78 Å². The Labute approximate surface area is 137 Å². The van der Waals surface area contributed by atoms with Gasteiger partial charge in [0.05, 0.1) is 13.7 Å². The van der Waals surface area contributed by atoms with E-state index >= 15 is 0 Å². The van der Waals surface area contributed by atoms with Crippen LogP contribution < -0.4 is 4.74 Å². The summed E-state index contributed by atoms with van der Waals surface area (Å²) in [6.07, 6.45) is 3.62. The van der Waals surface area contributed by atoms with Crippen LogP contribution in [0.15, 0.2) is 18.2 Å². The van der Waals surface area contributed by atoms with E-state index in [1.807, 2.05) is 25.1 Å². The van der Waals surface area contributed by atoms with Gasteiger partial charge in [-0.05, 0) is 51.8 Å². The molecule has 1 aliphatic heterocycles. The van der Waals surface area contributed by atoms with Gasteiger partial charge in [0, 0.05) is 34.2 Å². The summed E-state index contributed by atoms with van der Waals surface area (Å²) >= 11 is 0. The molecular weight excluding hydrogens is 288 g/mol. The highest BCUT2D eigenvalue weighted by atomic mass is 16.5. The number of H-pyrrole nitrogens is 1. The first-order valence-corrected chi connectivity index (χ1v) is 8.46. The number of nitrogens with zero attached hydrogens (tertiary/aromatic N) is 1. The largest absolute Gasteiger partial charge is 0.497 e. The Bertz CT molecular complexity index is 709. The van der Waals surface area contributed by atoms with Crippen LogP contribution in [0.4, 0.5) is 0 Å². The number of fused-ring (bicyclic) bond motifs is 1. The second kappa shape index (κ2) is 6.36. The van der Waals surface area contributed by atoms with E-state index in [2.05, 4.69) is 23.7 Å². The van der Waals surface area contributed by atoms with Crippen molar-refractivity contribution in [2.45, 2.75) is 52.1 Å². The third-order valence-corrected chi connectivity index (χ3v) is 5.17. The van der Waals surface area contributed by atoms with Gasteiger partial charge in [0.15, 0.2) is 5.78 Å². The van der Waals surface area contributed by atoms with Crippen LogP contribution in [-0.2, 0) is 0 Å². The molecule has 23 heavy (non-hydrogen) atoms. The molecule has 1 N–H and O–H groups in total.